The maximum atomic E-state index is 12.4. The van der Waals surface area contributed by atoms with Gasteiger partial charge in [-0.15, -0.1) is 11.3 Å². The SMILES string of the molecule is Cc1ncc(C(=O)Nc2cc(Cl)cc(CN3CCNCC3)c2C)s1. The lowest BCUT2D eigenvalue weighted by atomic mass is 10.1. The predicted octanol–water partition coefficient (Wildman–Crippen LogP) is 3.07. The highest BCUT2D eigenvalue weighted by Gasteiger charge is 2.16. The second-order valence-corrected chi connectivity index (χ2v) is 7.63. The molecule has 3 rings (SSSR count). The molecule has 2 N–H and O–H groups in total. The molecule has 0 unspecified atom stereocenters. The Balaban J connectivity index is 1.78. The van der Waals surface area contributed by atoms with Crippen LogP contribution in [0.4, 0.5) is 5.69 Å². The van der Waals surface area contributed by atoms with Crippen molar-refractivity contribution in [3.63, 3.8) is 0 Å². The average Bonchev–Trinajstić information content (AvgIpc) is 2.99. The van der Waals surface area contributed by atoms with Crippen LogP contribution in [0.2, 0.25) is 5.02 Å². The van der Waals surface area contributed by atoms with Crippen LogP contribution in [-0.4, -0.2) is 42.0 Å². The number of amides is 1. The molecule has 0 radical (unpaired) electrons. The molecule has 0 spiro atoms. The summed E-state index contributed by atoms with van der Waals surface area (Å²) in [5.74, 6) is -0.140. The van der Waals surface area contributed by atoms with Crippen LogP contribution >= 0.6 is 22.9 Å². The van der Waals surface area contributed by atoms with Gasteiger partial charge >= 0.3 is 0 Å². The van der Waals surface area contributed by atoms with E-state index in [1.165, 1.54) is 11.3 Å². The molecule has 1 aliphatic heterocycles. The largest absolute Gasteiger partial charge is 0.321 e. The molecule has 2 heterocycles. The van der Waals surface area contributed by atoms with Gasteiger partial charge in [0, 0.05) is 43.4 Å². The molecule has 1 amide bonds. The second-order valence-electron chi connectivity index (χ2n) is 5.96. The van der Waals surface area contributed by atoms with E-state index in [1.54, 1.807) is 6.20 Å². The van der Waals surface area contributed by atoms with Gasteiger partial charge in [0.2, 0.25) is 0 Å². The average molecular weight is 365 g/mol. The molecule has 128 valence electrons. The lowest BCUT2D eigenvalue weighted by Gasteiger charge is -2.28. The standard InChI is InChI=1S/C17H21ClN4OS/c1-11-13(10-22-5-3-19-4-6-22)7-14(18)8-15(11)21-17(23)16-9-20-12(2)24-16/h7-9,19H,3-6,10H2,1-2H3,(H,21,23). The molecule has 1 aliphatic rings. The molecule has 5 nitrogen and oxygen atoms in total. The highest BCUT2D eigenvalue weighted by atomic mass is 35.5. The molecule has 1 fully saturated rings. The molecular weight excluding hydrogens is 344 g/mol. The summed E-state index contributed by atoms with van der Waals surface area (Å²) >= 11 is 7.67. The fourth-order valence-electron chi connectivity index (χ4n) is 2.79. The van der Waals surface area contributed by atoms with Crippen molar-refractivity contribution >= 4 is 34.5 Å². The van der Waals surface area contributed by atoms with E-state index in [1.807, 2.05) is 26.0 Å². The topological polar surface area (TPSA) is 57.3 Å². The Hall–Kier alpha value is -1.47. The van der Waals surface area contributed by atoms with Gasteiger partial charge in [-0.3, -0.25) is 9.69 Å². The minimum Gasteiger partial charge on any atom is -0.321 e. The zero-order valence-corrected chi connectivity index (χ0v) is 15.4. The smallest absolute Gasteiger partial charge is 0.267 e. The van der Waals surface area contributed by atoms with Crippen molar-refractivity contribution in [3.05, 3.63) is 44.4 Å². The van der Waals surface area contributed by atoms with Crippen LogP contribution in [0.15, 0.2) is 18.3 Å². The number of nitrogens with one attached hydrogen (secondary N) is 2. The maximum Gasteiger partial charge on any atom is 0.267 e. The molecule has 0 bridgehead atoms. The highest BCUT2D eigenvalue weighted by Crippen LogP contribution is 2.27. The Morgan fingerprint density at radius 3 is 2.79 bits per heavy atom. The number of hydrogen-bond donors (Lipinski definition) is 2. The van der Waals surface area contributed by atoms with E-state index >= 15 is 0 Å². The van der Waals surface area contributed by atoms with E-state index in [4.69, 9.17) is 11.6 Å². The molecule has 0 saturated carbocycles. The summed E-state index contributed by atoms with van der Waals surface area (Å²) in [5.41, 5.74) is 2.98. The van der Waals surface area contributed by atoms with Crippen LogP contribution in [0.1, 0.15) is 25.8 Å². The summed E-state index contributed by atoms with van der Waals surface area (Å²) in [4.78, 5) is 19.5. The number of aromatic nitrogens is 1. The van der Waals surface area contributed by atoms with Crippen molar-refractivity contribution < 1.29 is 4.79 Å². The number of piperazine rings is 1. The third-order valence-electron chi connectivity index (χ3n) is 4.18. The zero-order chi connectivity index (χ0) is 17.1. The number of thiazole rings is 1. The molecular formula is C17H21ClN4OS. The quantitative estimate of drug-likeness (QED) is 0.875. The predicted molar refractivity (Wildman–Crippen MR) is 99.1 cm³/mol. The lowest BCUT2D eigenvalue weighted by Crippen LogP contribution is -2.43. The maximum absolute atomic E-state index is 12.4. The van der Waals surface area contributed by atoms with Crippen molar-refractivity contribution in [1.82, 2.24) is 15.2 Å². The number of aryl methyl sites for hydroxylation is 1. The number of carbonyl (C=O) groups is 1. The molecule has 7 heteroatoms. The zero-order valence-electron chi connectivity index (χ0n) is 13.9. The highest BCUT2D eigenvalue weighted by molar-refractivity contribution is 7.13. The molecule has 1 saturated heterocycles. The third kappa shape index (κ3) is 4.13. The number of hydrogen-bond acceptors (Lipinski definition) is 5. The van der Waals surface area contributed by atoms with Crippen molar-refractivity contribution in [2.24, 2.45) is 0 Å². The molecule has 24 heavy (non-hydrogen) atoms. The first-order chi connectivity index (χ1) is 11.5. The van der Waals surface area contributed by atoms with E-state index in [2.05, 4.69) is 20.5 Å². The van der Waals surface area contributed by atoms with Gasteiger partial charge < -0.3 is 10.6 Å². The first kappa shape index (κ1) is 17.4. The van der Waals surface area contributed by atoms with Crippen LogP contribution in [0.3, 0.4) is 0 Å². The van der Waals surface area contributed by atoms with Crippen LogP contribution in [0.5, 0.6) is 0 Å². The monoisotopic (exact) mass is 364 g/mol. The number of halogens is 1. The normalized spacial score (nSPS) is 15.5. The van der Waals surface area contributed by atoms with Crippen LogP contribution < -0.4 is 10.6 Å². The minimum atomic E-state index is -0.140. The van der Waals surface area contributed by atoms with Gasteiger partial charge in [-0.2, -0.15) is 0 Å². The Kier molecular flexibility index (Phi) is 5.50. The summed E-state index contributed by atoms with van der Waals surface area (Å²) in [6, 6.07) is 3.80. The van der Waals surface area contributed by atoms with Gasteiger partial charge in [0.25, 0.3) is 5.91 Å². The lowest BCUT2D eigenvalue weighted by molar-refractivity contribution is 0.103. The Morgan fingerprint density at radius 1 is 1.38 bits per heavy atom. The Labute approximate surface area is 151 Å². The molecule has 2 aromatic rings. The van der Waals surface area contributed by atoms with Gasteiger partial charge in [0.1, 0.15) is 4.88 Å². The summed E-state index contributed by atoms with van der Waals surface area (Å²) in [7, 11) is 0. The van der Waals surface area contributed by atoms with Crippen LogP contribution in [0, 0.1) is 13.8 Å². The van der Waals surface area contributed by atoms with Gasteiger partial charge in [0.15, 0.2) is 0 Å². The summed E-state index contributed by atoms with van der Waals surface area (Å²) in [6.07, 6.45) is 1.61. The fraction of sp³-hybridized carbons (Fsp3) is 0.412. The third-order valence-corrected chi connectivity index (χ3v) is 5.31. The van der Waals surface area contributed by atoms with E-state index in [9.17, 15) is 4.79 Å². The number of benzene rings is 1. The first-order valence-electron chi connectivity index (χ1n) is 7.99. The number of carbonyl (C=O) groups excluding carboxylic acids is 1. The van der Waals surface area contributed by atoms with Crippen molar-refractivity contribution in [3.8, 4) is 0 Å². The van der Waals surface area contributed by atoms with E-state index in [-0.39, 0.29) is 5.91 Å². The van der Waals surface area contributed by atoms with Crippen LogP contribution in [-0.2, 0) is 6.54 Å². The van der Waals surface area contributed by atoms with E-state index in [0.717, 1.165) is 54.5 Å². The molecule has 0 aliphatic carbocycles. The van der Waals surface area contributed by atoms with Gasteiger partial charge in [0.05, 0.1) is 11.2 Å². The summed E-state index contributed by atoms with van der Waals surface area (Å²) in [5, 5.41) is 7.85. The Morgan fingerprint density at radius 2 is 2.12 bits per heavy atom. The molecule has 1 aromatic heterocycles. The first-order valence-corrected chi connectivity index (χ1v) is 9.18. The van der Waals surface area contributed by atoms with Crippen molar-refractivity contribution in [2.75, 3.05) is 31.5 Å². The summed E-state index contributed by atoms with van der Waals surface area (Å²) in [6.45, 7) is 8.82. The Bertz CT molecular complexity index is 740. The van der Waals surface area contributed by atoms with E-state index in [0.29, 0.717) is 9.90 Å². The second kappa shape index (κ2) is 7.61. The summed E-state index contributed by atoms with van der Waals surface area (Å²) < 4.78 is 0. The van der Waals surface area contributed by atoms with Crippen molar-refractivity contribution in [2.45, 2.75) is 20.4 Å². The van der Waals surface area contributed by atoms with Crippen LogP contribution in [0.25, 0.3) is 0 Å². The fourth-order valence-corrected chi connectivity index (χ4v) is 3.70. The number of nitrogens with zero attached hydrogens (tertiary/aromatic N) is 2. The van der Waals surface area contributed by atoms with E-state index < -0.39 is 0 Å². The van der Waals surface area contributed by atoms with Gasteiger partial charge in [-0.25, -0.2) is 4.98 Å². The minimum absolute atomic E-state index is 0.140. The van der Waals surface area contributed by atoms with Crippen molar-refractivity contribution in [1.29, 1.82) is 0 Å². The van der Waals surface area contributed by atoms with Gasteiger partial charge in [-0.05, 0) is 37.1 Å². The molecule has 1 aromatic carbocycles. The van der Waals surface area contributed by atoms with Gasteiger partial charge in [-0.1, -0.05) is 11.6 Å². The molecule has 0 atom stereocenters. The number of rotatable bonds is 4. The number of anilines is 1.